The van der Waals surface area contributed by atoms with E-state index in [9.17, 15) is 4.79 Å². The Labute approximate surface area is 119 Å². The van der Waals surface area contributed by atoms with Crippen molar-refractivity contribution in [1.29, 1.82) is 0 Å². The normalized spacial score (nSPS) is 11.4. The van der Waals surface area contributed by atoms with Crippen LogP contribution in [0.15, 0.2) is 18.2 Å². The molecular formula is C13H21ClN2O3. The number of ether oxygens (including phenoxy) is 2. The lowest BCUT2D eigenvalue weighted by atomic mass is 10.1. The number of benzene rings is 1. The molecule has 1 rings (SSSR count). The molecule has 0 aliphatic heterocycles. The number of nitrogens with two attached hydrogens (primary N) is 1. The van der Waals surface area contributed by atoms with Crippen LogP contribution in [0.5, 0.6) is 5.75 Å². The zero-order valence-corrected chi connectivity index (χ0v) is 12.3. The van der Waals surface area contributed by atoms with Crippen LogP contribution < -0.4 is 15.8 Å². The first-order valence-corrected chi connectivity index (χ1v) is 5.73. The molecule has 5 nitrogen and oxygen atoms in total. The van der Waals surface area contributed by atoms with E-state index >= 15 is 0 Å². The average molecular weight is 289 g/mol. The molecule has 1 aromatic rings. The van der Waals surface area contributed by atoms with Crippen LogP contribution in [0.3, 0.4) is 0 Å². The van der Waals surface area contributed by atoms with E-state index in [1.165, 1.54) is 7.11 Å². The van der Waals surface area contributed by atoms with Gasteiger partial charge in [-0.05, 0) is 30.2 Å². The van der Waals surface area contributed by atoms with Crippen molar-refractivity contribution in [3.05, 3.63) is 29.3 Å². The zero-order chi connectivity index (χ0) is 13.5. The molecule has 0 saturated heterocycles. The number of amides is 1. The number of hydrogen-bond donors (Lipinski definition) is 2. The standard InChI is InChI=1S/C13H20N2O3.ClH/c1-9-4-10(6-11(5-9)18-3)7-15-13(16)12(14)8-17-2;/h4-6,12H,7-8,14H2,1-3H3,(H,15,16);1H. The Bertz CT molecular complexity index is 413. The summed E-state index contributed by atoms with van der Waals surface area (Å²) in [6, 6.07) is 5.17. The van der Waals surface area contributed by atoms with E-state index in [4.69, 9.17) is 15.2 Å². The van der Waals surface area contributed by atoms with Crippen molar-refractivity contribution >= 4 is 18.3 Å². The molecule has 0 bridgehead atoms. The molecule has 0 aliphatic carbocycles. The van der Waals surface area contributed by atoms with E-state index in [0.717, 1.165) is 16.9 Å². The Morgan fingerprint density at radius 1 is 1.37 bits per heavy atom. The van der Waals surface area contributed by atoms with Crippen LogP contribution in [0.4, 0.5) is 0 Å². The number of nitrogens with one attached hydrogen (secondary N) is 1. The van der Waals surface area contributed by atoms with E-state index in [2.05, 4.69) is 5.32 Å². The van der Waals surface area contributed by atoms with Crippen LogP contribution in [0.1, 0.15) is 11.1 Å². The molecule has 0 aliphatic rings. The highest BCUT2D eigenvalue weighted by Crippen LogP contribution is 2.16. The van der Waals surface area contributed by atoms with Crippen LogP contribution in [0.2, 0.25) is 0 Å². The average Bonchev–Trinajstić information content (AvgIpc) is 2.35. The van der Waals surface area contributed by atoms with E-state index in [-0.39, 0.29) is 24.9 Å². The van der Waals surface area contributed by atoms with Gasteiger partial charge in [-0.15, -0.1) is 12.4 Å². The number of hydrogen-bond acceptors (Lipinski definition) is 4. The first-order chi connectivity index (χ1) is 8.56. The monoisotopic (exact) mass is 288 g/mol. The van der Waals surface area contributed by atoms with Crippen LogP contribution in [0.25, 0.3) is 0 Å². The maximum atomic E-state index is 11.6. The number of carbonyl (C=O) groups is 1. The Hall–Kier alpha value is -1.30. The lowest BCUT2D eigenvalue weighted by molar-refractivity contribution is -0.123. The summed E-state index contributed by atoms with van der Waals surface area (Å²) < 4.78 is 10.00. The predicted octanol–water partition coefficient (Wildman–Crippen LogP) is 1.02. The smallest absolute Gasteiger partial charge is 0.239 e. The summed E-state index contributed by atoms with van der Waals surface area (Å²) in [5.41, 5.74) is 7.68. The quantitative estimate of drug-likeness (QED) is 0.819. The minimum atomic E-state index is -0.637. The SMILES string of the molecule is COCC(N)C(=O)NCc1cc(C)cc(OC)c1.Cl. The van der Waals surface area contributed by atoms with Crippen molar-refractivity contribution in [3.63, 3.8) is 0 Å². The Kier molecular flexibility index (Phi) is 8.14. The molecule has 3 N–H and O–H groups in total. The largest absolute Gasteiger partial charge is 0.497 e. The van der Waals surface area contributed by atoms with Gasteiger partial charge in [0, 0.05) is 13.7 Å². The fourth-order valence-electron chi connectivity index (χ4n) is 1.62. The number of methoxy groups -OCH3 is 2. The summed E-state index contributed by atoms with van der Waals surface area (Å²) in [5.74, 6) is 0.553. The highest BCUT2D eigenvalue weighted by Gasteiger charge is 2.12. The summed E-state index contributed by atoms with van der Waals surface area (Å²) in [6.07, 6.45) is 0. The van der Waals surface area contributed by atoms with Gasteiger partial charge < -0.3 is 20.5 Å². The summed E-state index contributed by atoms with van der Waals surface area (Å²) in [6.45, 7) is 2.61. The number of carbonyl (C=O) groups excluding carboxylic acids is 1. The lowest BCUT2D eigenvalue weighted by Gasteiger charge is -2.12. The van der Waals surface area contributed by atoms with Crippen molar-refractivity contribution in [3.8, 4) is 5.75 Å². The summed E-state index contributed by atoms with van der Waals surface area (Å²) in [4.78, 5) is 11.6. The molecule has 19 heavy (non-hydrogen) atoms. The van der Waals surface area contributed by atoms with E-state index in [1.807, 2.05) is 25.1 Å². The van der Waals surface area contributed by atoms with Gasteiger partial charge in [-0.2, -0.15) is 0 Å². The van der Waals surface area contributed by atoms with Crippen molar-refractivity contribution in [2.24, 2.45) is 5.73 Å². The van der Waals surface area contributed by atoms with Gasteiger partial charge >= 0.3 is 0 Å². The zero-order valence-electron chi connectivity index (χ0n) is 11.4. The second kappa shape index (κ2) is 8.74. The second-order valence-electron chi connectivity index (χ2n) is 4.14. The third-order valence-corrected chi connectivity index (χ3v) is 2.50. The van der Waals surface area contributed by atoms with Gasteiger partial charge in [-0.3, -0.25) is 4.79 Å². The van der Waals surface area contributed by atoms with Crippen molar-refractivity contribution in [1.82, 2.24) is 5.32 Å². The maximum Gasteiger partial charge on any atom is 0.239 e. The summed E-state index contributed by atoms with van der Waals surface area (Å²) in [7, 11) is 3.13. The predicted molar refractivity (Wildman–Crippen MR) is 76.7 cm³/mol. The Balaban J connectivity index is 0.00000324. The maximum absolute atomic E-state index is 11.6. The molecule has 0 radical (unpaired) electrons. The molecule has 0 fully saturated rings. The van der Waals surface area contributed by atoms with E-state index in [1.54, 1.807) is 7.11 Å². The molecule has 1 unspecified atom stereocenters. The molecule has 1 atom stereocenters. The molecule has 0 saturated carbocycles. The first kappa shape index (κ1) is 17.7. The van der Waals surface area contributed by atoms with Gasteiger partial charge in [0.05, 0.1) is 13.7 Å². The molecule has 6 heteroatoms. The molecule has 0 spiro atoms. The minimum Gasteiger partial charge on any atom is -0.497 e. The molecule has 1 amide bonds. The van der Waals surface area contributed by atoms with Crippen molar-refractivity contribution in [2.45, 2.75) is 19.5 Å². The Morgan fingerprint density at radius 2 is 2.05 bits per heavy atom. The molecular weight excluding hydrogens is 268 g/mol. The van der Waals surface area contributed by atoms with Gasteiger partial charge in [0.1, 0.15) is 11.8 Å². The fraction of sp³-hybridized carbons (Fsp3) is 0.462. The third kappa shape index (κ3) is 5.92. The van der Waals surface area contributed by atoms with Crippen LogP contribution in [0, 0.1) is 6.92 Å². The highest BCUT2D eigenvalue weighted by molar-refractivity contribution is 5.85. The van der Waals surface area contributed by atoms with Gasteiger partial charge in [-0.25, -0.2) is 0 Å². The molecule has 0 heterocycles. The van der Waals surface area contributed by atoms with Gasteiger partial charge in [0.15, 0.2) is 0 Å². The van der Waals surface area contributed by atoms with Crippen LogP contribution in [-0.2, 0) is 16.1 Å². The Morgan fingerprint density at radius 3 is 2.63 bits per heavy atom. The minimum absolute atomic E-state index is 0. The van der Waals surface area contributed by atoms with Gasteiger partial charge in [0.25, 0.3) is 0 Å². The first-order valence-electron chi connectivity index (χ1n) is 5.73. The van der Waals surface area contributed by atoms with Crippen LogP contribution in [-0.4, -0.2) is 32.8 Å². The van der Waals surface area contributed by atoms with E-state index < -0.39 is 6.04 Å². The van der Waals surface area contributed by atoms with E-state index in [0.29, 0.717) is 6.54 Å². The number of halogens is 1. The lowest BCUT2D eigenvalue weighted by Crippen LogP contribution is -2.43. The number of rotatable bonds is 6. The second-order valence-corrected chi connectivity index (χ2v) is 4.14. The van der Waals surface area contributed by atoms with Gasteiger partial charge in [0.2, 0.25) is 5.91 Å². The third-order valence-electron chi connectivity index (χ3n) is 2.50. The fourth-order valence-corrected chi connectivity index (χ4v) is 1.62. The summed E-state index contributed by atoms with van der Waals surface area (Å²) in [5, 5.41) is 2.76. The molecule has 0 aromatic heterocycles. The number of aryl methyl sites for hydroxylation is 1. The van der Waals surface area contributed by atoms with Crippen molar-refractivity contribution < 1.29 is 14.3 Å². The molecule has 1 aromatic carbocycles. The van der Waals surface area contributed by atoms with Crippen LogP contribution >= 0.6 is 12.4 Å². The van der Waals surface area contributed by atoms with Gasteiger partial charge in [-0.1, -0.05) is 6.07 Å². The molecule has 108 valence electrons. The van der Waals surface area contributed by atoms with Crippen molar-refractivity contribution in [2.75, 3.05) is 20.8 Å². The summed E-state index contributed by atoms with van der Waals surface area (Å²) >= 11 is 0. The highest BCUT2D eigenvalue weighted by atomic mass is 35.5. The topological polar surface area (TPSA) is 73.6 Å².